The molecule has 9 heteroatoms. The molecule has 0 aliphatic heterocycles. The van der Waals surface area contributed by atoms with Gasteiger partial charge in [-0.2, -0.15) is 0 Å². The number of halogens is 1. The maximum absolute atomic E-state index is 6.25. The van der Waals surface area contributed by atoms with Crippen LogP contribution in [0.4, 0.5) is 0 Å². The third-order valence-electron chi connectivity index (χ3n) is 5.48. The number of hydrogen-bond donors (Lipinski definition) is 0. The molecule has 0 amide bonds. The summed E-state index contributed by atoms with van der Waals surface area (Å²) in [5.74, 6) is 2.39. The molecule has 34 heavy (non-hydrogen) atoms. The molecule has 3 aromatic heterocycles. The highest BCUT2D eigenvalue weighted by atomic mass is 35.5. The van der Waals surface area contributed by atoms with E-state index in [1.165, 1.54) is 5.56 Å². The molecular weight excluding hydrogens is 468 g/mol. The van der Waals surface area contributed by atoms with E-state index in [1.807, 2.05) is 36.4 Å². The lowest BCUT2D eigenvalue weighted by Gasteiger charge is -2.11. The second kappa shape index (κ2) is 10.4. The summed E-state index contributed by atoms with van der Waals surface area (Å²) in [5, 5.41) is 10.4. The molecule has 0 radical (unpaired) electrons. The number of benzene rings is 2. The number of pyridine rings is 1. The molecule has 0 aliphatic carbocycles. The quantitative estimate of drug-likeness (QED) is 0.260. The van der Waals surface area contributed by atoms with Crippen LogP contribution in [0.2, 0.25) is 5.02 Å². The summed E-state index contributed by atoms with van der Waals surface area (Å²) in [6, 6.07) is 20.1. The zero-order chi connectivity index (χ0) is 23.3. The second-order valence-electron chi connectivity index (χ2n) is 7.71. The SMILES string of the molecule is COCCn1c(SCc2nc3cc(Cl)ccc3n2Cc2ccccc2)nnc1-c1ccncc1. The Morgan fingerprint density at radius 2 is 1.79 bits per heavy atom. The minimum Gasteiger partial charge on any atom is -0.383 e. The normalized spacial score (nSPS) is 11.4. The average Bonchev–Trinajstić information content (AvgIpc) is 3.43. The van der Waals surface area contributed by atoms with Gasteiger partial charge in [0.15, 0.2) is 11.0 Å². The van der Waals surface area contributed by atoms with Gasteiger partial charge < -0.3 is 9.30 Å². The molecule has 0 N–H and O–H groups in total. The van der Waals surface area contributed by atoms with Crippen LogP contribution in [0.15, 0.2) is 78.2 Å². The molecule has 172 valence electrons. The summed E-state index contributed by atoms with van der Waals surface area (Å²) in [5.41, 5.74) is 4.13. The first-order chi connectivity index (χ1) is 16.7. The van der Waals surface area contributed by atoms with Crippen molar-refractivity contribution in [3.63, 3.8) is 0 Å². The first-order valence-electron chi connectivity index (χ1n) is 10.9. The van der Waals surface area contributed by atoms with Crippen molar-refractivity contribution in [2.75, 3.05) is 13.7 Å². The standard InChI is InChI=1S/C25H23ClN6OS/c1-33-14-13-31-24(19-9-11-27-12-10-19)29-30-25(31)34-17-23-28-21-15-20(26)7-8-22(21)32(23)16-18-5-3-2-4-6-18/h2-12,15H,13-14,16-17H2,1H3. The molecule has 0 aliphatic rings. The molecule has 0 spiro atoms. The van der Waals surface area contributed by atoms with Crippen molar-refractivity contribution in [1.82, 2.24) is 29.3 Å². The van der Waals surface area contributed by atoms with E-state index in [0.29, 0.717) is 23.9 Å². The van der Waals surface area contributed by atoms with E-state index in [1.54, 1.807) is 31.3 Å². The van der Waals surface area contributed by atoms with Crippen molar-refractivity contribution < 1.29 is 4.74 Å². The van der Waals surface area contributed by atoms with Crippen LogP contribution < -0.4 is 0 Å². The number of thioether (sulfide) groups is 1. The number of ether oxygens (including phenoxy) is 1. The van der Waals surface area contributed by atoms with Crippen LogP contribution in [0.5, 0.6) is 0 Å². The summed E-state index contributed by atoms with van der Waals surface area (Å²) in [7, 11) is 1.69. The van der Waals surface area contributed by atoms with Crippen LogP contribution in [0.1, 0.15) is 11.4 Å². The fraction of sp³-hybridized carbons (Fsp3) is 0.200. The Bertz CT molecular complexity index is 1390. The van der Waals surface area contributed by atoms with Gasteiger partial charge in [-0.1, -0.05) is 53.7 Å². The van der Waals surface area contributed by atoms with Crippen LogP contribution in [0, 0.1) is 0 Å². The van der Waals surface area contributed by atoms with E-state index in [9.17, 15) is 0 Å². The second-order valence-corrected chi connectivity index (χ2v) is 9.09. The van der Waals surface area contributed by atoms with Gasteiger partial charge >= 0.3 is 0 Å². The maximum Gasteiger partial charge on any atom is 0.192 e. The van der Waals surface area contributed by atoms with Crippen molar-refractivity contribution in [2.24, 2.45) is 0 Å². The summed E-state index contributed by atoms with van der Waals surface area (Å²) in [4.78, 5) is 9.02. The monoisotopic (exact) mass is 490 g/mol. The molecule has 0 saturated carbocycles. The molecule has 3 heterocycles. The summed E-state index contributed by atoms with van der Waals surface area (Å²) >= 11 is 7.86. The predicted octanol–water partition coefficient (Wildman–Crippen LogP) is 5.33. The van der Waals surface area contributed by atoms with Crippen LogP contribution in [-0.4, -0.2) is 43.0 Å². The molecule has 7 nitrogen and oxygen atoms in total. The fourth-order valence-electron chi connectivity index (χ4n) is 3.83. The Morgan fingerprint density at radius 3 is 2.59 bits per heavy atom. The molecule has 0 atom stereocenters. The number of hydrogen-bond acceptors (Lipinski definition) is 6. The Kier molecular flexibility index (Phi) is 6.89. The Hall–Kier alpha value is -3.20. The predicted molar refractivity (Wildman–Crippen MR) is 135 cm³/mol. The van der Waals surface area contributed by atoms with Crippen molar-refractivity contribution in [3.8, 4) is 11.4 Å². The van der Waals surface area contributed by atoms with Crippen molar-refractivity contribution >= 4 is 34.4 Å². The number of fused-ring (bicyclic) bond motifs is 1. The van der Waals surface area contributed by atoms with Gasteiger partial charge in [0.05, 0.1) is 29.9 Å². The Morgan fingerprint density at radius 1 is 0.971 bits per heavy atom. The Balaban J connectivity index is 1.47. The molecule has 5 rings (SSSR count). The molecule has 0 bridgehead atoms. The van der Waals surface area contributed by atoms with Gasteiger partial charge in [-0.05, 0) is 35.9 Å². The minimum absolute atomic E-state index is 0.564. The largest absolute Gasteiger partial charge is 0.383 e. The van der Waals surface area contributed by atoms with Crippen LogP contribution in [0.25, 0.3) is 22.4 Å². The first-order valence-corrected chi connectivity index (χ1v) is 12.2. The van der Waals surface area contributed by atoms with E-state index in [4.69, 9.17) is 21.3 Å². The third kappa shape index (κ3) is 4.84. The maximum atomic E-state index is 6.25. The van der Waals surface area contributed by atoms with Crippen molar-refractivity contribution in [2.45, 2.75) is 24.0 Å². The van der Waals surface area contributed by atoms with E-state index in [0.717, 1.165) is 39.9 Å². The van der Waals surface area contributed by atoms with Gasteiger partial charge in [-0.3, -0.25) is 9.55 Å². The molecule has 5 aromatic rings. The molecule has 0 fully saturated rings. The van der Waals surface area contributed by atoms with E-state index >= 15 is 0 Å². The highest BCUT2D eigenvalue weighted by molar-refractivity contribution is 7.98. The third-order valence-corrected chi connectivity index (χ3v) is 6.68. The highest BCUT2D eigenvalue weighted by Gasteiger charge is 2.17. The van der Waals surface area contributed by atoms with Gasteiger partial charge in [-0.25, -0.2) is 4.98 Å². The summed E-state index contributed by atoms with van der Waals surface area (Å²) in [6.45, 7) is 1.95. The average molecular weight is 491 g/mol. The fourth-order valence-corrected chi connectivity index (χ4v) is 4.91. The van der Waals surface area contributed by atoms with Crippen LogP contribution in [-0.2, 0) is 23.6 Å². The molecule has 0 unspecified atom stereocenters. The lowest BCUT2D eigenvalue weighted by Crippen LogP contribution is -2.08. The zero-order valence-corrected chi connectivity index (χ0v) is 20.2. The number of rotatable bonds is 9. The smallest absolute Gasteiger partial charge is 0.192 e. The minimum atomic E-state index is 0.564. The first kappa shape index (κ1) is 22.6. The van der Waals surface area contributed by atoms with Gasteiger partial charge in [0.25, 0.3) is 0 Å². The summed E-state index contributed by atoms with van der Waals surface area (Å²) in [6.07, 6.45) is 3.52. The molecule has 0 saturated heterocycles. The number of aromatic nitrogens is 6. The lowest BCUT2D eigenvalue weighted by molar-refractivity contribution is 0.185. The highest BCUT2D eigenvalue weighted by Crippen LogP contribution is 2.29. The van der Waals surface area contributed by atoms with E-state index < -0.39 is 0 Å². The molecule has 2 aromatic carbocycles. The van der Waals surface area contributed by atoms with Crippen LogP contribution >= 0.6 is 23.4 Å². The molecular formula is C25H23ClN6OS. The van der Waals surface area contributed by atoms with E-state index in [2.05, 4.69) is 48.6 Å². The van der Waals surface area contributed by atoms with Gasteiger partial charge in [-0.15, -0.1) is 10.2 Å². The van der Waals surface area contributed by atoms with Gasteiger partial charge in [0, 0.05) is 36.6 Å². The van der Waals surface area contributed by atoms with Gasteiger partial charge in [0.1, 0.15) is 5.82 Å². The Labute approximate surface area is 206 Å². The number of nitrogens with zero attached hydrogens (tertiary/aromatic N) is 6. The van der Waals surface area contributed by atoms with Gasteiger partial charge in [0.2, 0.25) is 0 Å². The number of imidazole rings is 1. The number of methoxy groups -OCH3 is 1. The summed E-state index contributed by atoms with van der Waals surface area (Å²) < 4.78 is 9.66. The van der Waals surface area contributed by atoms with E-state index in [-0.39, 0.29) is 0 Å². The van der Waals surface area contributed by atoms with Crippen molar-refractivity contribution in [3.05, 3.63) is 89.5 Å². The zero-order valence-electron chi connectivity index (χ0n) is 18.6. The van der Waals surface area contributed by atoms with Crippen LogP contribution in [0.3, 0.4) is 0 Å². The van der Waals surface area contributed by atoms with Crippen molar-refractivity contribution in [1.29, 1.82) is 0 Å². The lowest BCUT2D eigenvalue weighted by atomic mass is 10.2. The topological polar surface area (TPSA) is 70.7 Å².